The highest BCUT2D eigenvalue weighted by atomic mass is 35.5. The molecule has 1 amide bonds. The fourth-order valence-corrected chi connectivity index (χ4v) is 4.13. The molecule has 2 aromatic rings. The van der Waals surface area contributed by atoms with Crippen molar-refractivity contribution in [3.05, 3.63) is 70.3 Å². The summed E-state index contributed by atoms with van der Waals surface area (Å²) in [4.78, 5) is 29.9. The number of carbonyl (C=O) groups excluding carboxylic acids is 2. The van der Waals surface area contributed by atoms with Crippen LogP contribution in [0, 0.1) is 0 Å². The van der Waals surface area contributed by atoms with Gasteiger partial charge in [0, 0.05) is 23.7 Å². The number of benzene rings is 2. The number of hydrogen-bond donors (Lipinski definition) is 1. The number of likely N-dealkylation sites (tertiary alicyclic amines) is 1. The van der Waals surface area contributed by atoms with Crippen molar-refractivity contribution >= 4 is 29.1 Å². The Morgan fingerprint density at radius 3 is 2.42 bits per heavy atom. The van der Waals surface area contributed by atoms with Crippen molar-refractivity contribution in [1.29, 1.82) is 0 Å². The Balaban J connectivity index is 2.06. The molecule has 1 aliphatic rings. The number of carbonyl (C=O) groups is 2. The summed E-state index contributed by atoms with van der Waals surface area (Å²) in [6.45, 7) is 9.36. The Kier molecular flexibility index (Phi) is 8.53. The molecule has 0 bridgehead atoms. The van der Waals surface area contributed by atoms with E-state index in [-0.39, 0.29) is 11.3 Å². The molecule has 3 rings (SSSR count). The van der Waals surface area contributed by atoms with Crippen LogP contribution < -0.4 is 4.74 Å². The van der Waals surface area contributed by atoms with Crippen molar-refractivity contribution in [1.82, 2.24) is 9.80 Å². The van der Waals surface area contributed by atoms with Crippen LogP contribution in [0.5, 0.6) is 5.75 Å². The average molecular weight is 471 g/mol. The van der Waals surface area contributed by atoms with Crippen molar-refractivity contribution in [3.63, 3.8) is 0 Å². The molecule has 7 heteroatoms. The van der Waals surface area contributed by atoms with E-state index in [0.717, 1.165) is 25.1 Å². The first-order chi connectivity index (χ1) is 15.9. The van der Waals surface area contributed by atoms with Gasteiger partial charge in [-0.25, -0.2) is 0 Å². The number of amides is 1. The molecule has 6 nitrogen and oxygen atoms in total. The van der Waals surface area contributed by atoms with Crippen LogP contribution in [-0.4, -0.2) is 59.4 Å². The summed E-state index contributed by atoms with van der Waals surface area (Å²) >= 11 is 6.08. The van der Waals surface area contributed by atoms with Crippen LogP contribution in [0.25, 0.3) is 5.76 Å². The number of aliphatic hydroxyl groups excluding tert-OH is 1. The zero-order chi connectivity index (χ0) is 24.0. The normalized spacial score (nSPS) is 17.7. The van der Waals surface area contributed by atoms with Crippen LogP contribution in [0.3, 0.4) is 0 Å². The third kappa shape index (κ3) is 5.57. The fourth-order valence-electron chi connectivity index (χ4n) is 4.00. The minimum atomic E-state index is -0.696. The highest BCUT2D eigenvalue weighted by molar-refractivity contribution is 6.46. The number of likely N-dealkylation sites (N-methyl/N-ethyl adjacent to an activating group) is 1. The van der Waals surface area contributed by atoms with E-state index in [9.17, 15) is 14.7 Å². The number of nitrogens with zero attached hydrogens (tertiary/aromatic N) is 2. The van der Waals surface area contributed by atoms with Gasteiger partial charge in [-0.3, -0.25) is 9.59 Å². The smallest absolute Gasteiger partial charge is 0.295 e. The van der Waals surface area contributed by atoms with Gasteiger partial charge in [0.1, 0.15) is 11.5 Å². The van der Waals surface area contributed by atoms with Gasteiger partial charge in [-0.1, -0.05) is 56.6 Å². The van der Waals surface area contributed by atoms with Crippen LogP contribution >= 0.6 is 11.6 Å². The van der Waals surface area contributed by atoms with Crippen LogP contribution in [-0.2, 0) is 9.59 Å². The minimum Gasteiger partial charge on any atom is -0.507 e. The number of Topliss-reactive ketones (excluding diaryl/α,β-unsaturated/α-hetero) is 1. The summed E-state index contributed by atoms with van der Waals surface area (Å²) in [5, 5.41) is 11.8. The number of rotatable bonds is 10. The highest BCUT2D eigenvalue weighted by Gasteiger charge is 2.45. The van der Waals surface area contributed by atoms with E-state index in [1.165, 1.54) is 0 Å². The first-order valence-electron chi connectivity index (χ1n) is 11.4. The van der Waals surface area contributed by atoms with Gasteiger partial charge in [-0.15, -0.1) is 0 Å². The molecule has 1 aliphatic heterocycles. The second-order valence-corrected chi connectivity index (χ2v) is 8.38. The Hall–Kier alpha value is -2.83. The Bertz CT molecular complexity index is 1020. The van der Waals surface area contributed by atoms with Crippen LogP contribution in [0.4, 0.5) is 0 Å². The first-order valence-corrected chi connectivity index (χ1v) is 11.8. The molecule has 0 aliphatic carbocycles. The lowest BCUT2D eigenvalue weighted by atomic mass is 9.95. The largest absolute Gasteiger partial charge is 0.507 e. The van der Waals surface area contributed by atoms with Gasteiger partial charge in [0.15, 0.2) is 0 Å². The van der Waals surface area contributed by atoms with Gasteiger partial charge >= 0.3 is 0 Å². The molecule has 1 heterocycles. The Morgan fingerprint density at radius 2 is 1.79 bits per heavy atom. The lowest BCUT2D eigenvalue weighted by Crippen LogP contribution is -2.38. The van der Waals surface area contributed by atoms with E-state index in [2.05, 4.69) is 18.7 Å². The number of halogens is 1. The Labute approximate surface area is 200 Å². The molecule has 0 saturated carbocycles. The molecule has 0 radical (unpaired) electrons. The molecule has 0 spiro atoms. The number of ether oxygens (including phenoxy) is 1. The van der Waals surface area contributed by atoms with Crippen LogP contribution in [0.15, 0.2) is 54.1 Å². The molecule has 1 fully saturated rings. The zero-order valence-corrected chi connectivity index (χ0v) is 20.1. The molecule has 1 N–H and O–H groups in total. The molecule has 1 saturated heterocycles. The number of aliphatic hydroxyl groups is 1. The maximum Gasteiger partial charge on any atom is 0.295 e. The van der Waals surface area contributed by atoms with E-state index in [1.54, 1.807) is 53.4 Å². The van der Waals surface area contributed by atoms with Gasteiger partial charge in [-0.2, -0.15) is 0 Å². The molecule has 1 atom stereocenters. The van der Waals surface area contributed by atoms with Crippen molar-refractivity contribution in [2.75, 3.05) is 32.8 Å². The topological polar surface area (TPSA) is 70.1 Å². The Morgan fingerprint density at radius 1 is 1.09 bits per heavy atom. The lowest BCUT2D eigenvalue weighted by molar-refractivity contribution is -0.140. The zero-order valence-electron chi connectivity index (χ0n) is 19.4. The first kappa shape index (κ1) is 24.8. The van der Waals surface area contributed by atoms with E-state index >= 15 is 0 Å². The summed E-state index contributed by atoms with van der Waals surface area (Å²) in [6.07, 6.45) is 0.852. The van der Waals surface area contributed by atoms with Crippen molar-refractivity contribution in [2.24, 2.45) is 0 Å². The van der Waals surface area contributed by atoms with Crippen molar-refractivity contribution < 1.29 is 19.4 Å². The molecule has 176 valence electrons. The van der Waals surface area contributed by atoms with E-state index in [0.29, 0.717) is 36.0 Å². The van der Waals surface area contributed by atoms with Gasteiger partial charge in [-0.05, 0) is 49.3 Å². The fraction of sp³-hybridized carbons (Fsp3) is 0.385. The van der Waals surface area contributed by atoms with Crippen LogP contribution in [0.2, 0.25) is 5.02 Å². The summed E-state index contributed by atoms with van der Waals surface area (Å²) in [5.74, 6) is -0.908. The predicted octanol–water partition coefficient (Wildman–Crippen LogP) is 4.89. The van der Waals surface area contributed by atoms with E-state index < -0.39 is 17.7 Å². The third-order valence-electron chi connectivity index (χ3n) is 5.86. The lowest BCUT2D eigenvalue weighted by Gasteiger charge is -2.28. The van der Waals surface area contributed by atoms with Gasteiger partial charge in [0.05, 0.1) is 18.2 Å². The molecule has 2 aromatic carbocycles. The summed E-state index contributed by atoms with van der Waals surface area (Å²) in [6, 6.07) is 13.3. The average Bonchev–Trinajstić information content (AvgIpc) is 3.08. The highest BCUT2D eigenvalue weighted by Crippen LogP contribution is 2.39. The van der Waals surface area contributed by atoms with Gasteiger partial charge < -0.3 is 19.6 Å². The number of hydrogen-bond acceptors (Lipinski definition) is 5. The summed E-state index contributed by atoms with van der Waals surface area (Å²) in [7, 11) is 0. The monoisotopic (exact) mass is 470 g/mol. The number of ketones is 1. The predicted molar refractivity (Wildman–Crippen MR) is 130 cm³/mol. The second kappa shape index (κ2) is 11.3. The molecule has 1 unspecified atom stereocenters. The second-order valence-electron chi connectivity index (χ2n) is 7.95. The van der Waals surface area contributed by atoms with Crippen LogP contribution in [0.1, 0.15) is 44.4 Å². The van der Waals surface area contributed by atoms with E-state index in [4.69, 9.17) is 16.3 Å². The SMILES string of the molecule is CCCOc1cccc(/C(O)=C2\C(=O)C(=O)N(CCN(CC)CC)C2c2ccc(Cl)cc2)c1. The summed E-state index contributed by atoms with van der Waals surface area (Å²) in [5.41, 5.74) is 1.23. The third-order valence-corrected chi connectivity index (χ3v) is 6.11. The van der Waals surface area contributed by atoms with Gasteiger partial charge in [0.25, 0.3) is 11.7 Å². The molecule has 0 aromatic heterocycles. The minimum absolute atomic E-state index is 0.0783. The maximum absolute atomic E-state index is 13.1. The molecular formula is C26H31ClN2O4. The molecular weight excluding hydrogens is 440 g/mol. The standard InChI is InChI=1S/C26H31ClN2O4/c1-4-16-33-21-9-7-8-19(17-21)24(30)22-23(18-10-12-20(27)13-11-18)29(26(32)25(22)31)15-14-28(5-2)6-3/h7-13,17,23,30H,4-6,14-16H2,1-3H3/b24-22+. The van der Waals surface area contributed by atoms with Crippen molar-refractivity contribution in [2.45, 2.75) is 33.2 Å². The van der Waals surface area contributed by atoms with E-state index in [1.807, 2.05) is 6.92 Å². The quantitative estimate of drug-likeness (QED) is 0.304. The summed E-state index contributed by atoms with van der Waals surface area (Å²) < 4.78 is 5.68. The maximum atomic E-state index is 13.1. The van der Waals surface area contributed by atoms with Gasteiger partial charge in [0.2, 0.25) is 0 Å². The molecule has 33 heavy (non-hydrogen) atoms. The van der Waals surface area contributed by atoms with Crippen molar-refractivity contribution in [3.8, 4) is 5.75 Å².